The molecule has 0 amide bonds. The quantitative estimate of drug-likeness (QED) is 0.266. The van der Waals surface area contributed by atoms with Crippen LogP contribution in [0.15, 0.2) is 5.16 Å². The summed E-state index contributed by atoms with van der Waals surface area (Å²) in [6, 6.07) is 0. The molecule has 0 aliphatic carbocycles. The molecule has 0 aliphatic heterocycles. The zero-order chi connectivity index (χ0) is 7.82. The summed E-state index contributed by atoms with van der Waals surface area (Å²) >= 11 is 0. The first-order chi connectivity index (χ1) is 4.81. The summed E-state index contributed by atoms with van der Waals surface area (Å²) in [5.41, 5.74) is 0. The molecule has 10 heavy (non-hydrogen) atoms. The van der Waals surface area contributed by atoms with E-state index in [1.165, 1.54) is 0 Å². The maximum atomic E-state index is 8.97. The van der Waals surface area contributed by atoms with Crippen molar-refractivity contribution in [1.29, 1.82) is 0 Å². The highest BCUT2D eigenvalue weighted by Crippen LogP contribution is 2.01. The maximum Gasteiger partial charge on any atom is 0.0924 e. The van der Waals surface area contributed by atoms with Crippen LogP contribution in [0, 0.1) is 0 Å². The summed E-state index contributed by atoms with van der Waals surface area (Å²) in [4.78, 5) is 0. The highest BCUT2D eigenvalue weighted by molar-refractivity contribution is 5.61. The average molecular weight is 145 g/mol. The summed E-state index contributed by atoms with van der Waals surface area (Å²) in [6.07, 6.45) is 4.52. The highest BCUT2D eigenvalue weighted by atomic mass is 16.4. The van der Waals surface area contributed by atoms with Gasteiger partial charge in [0.2, 0.25) is 0 Å². The normalized spacial score (nSPS) is 14.2. The van der Waals surface area contributed by atoms with Gasteiger partial charge in [0, 0.05) is 0 Å². The zero-order valence-electron chi connectivity index (χ0n) is 6.32. The van der Waals surface area contributed by atoms with Crippen LogP contribution in [-0.2, 0) is 0 Å². The van der Waals surface area contributed by atoms with Crippen LogP contribution < -0.4 is 0 Å². The second-order valence-corrected chi connectivity index (χ2v) is 2.33. The molecule has 0 aliphatic rings. The lowest BCUT2D eigenvalue weighted by molar-refractivity contribution is 0.222. The molecule has 0 unspecified atom stereocenters. The third-order valence-corrected chi connectivity index (χ3v) is 1.34. The number of nitrogens with zero attached hydrogens (tertiary/aromatic N) is 1. The minimum absolute atomic E-state index is 0.573. The van der Waals surface area contributed by atoms with Gasteiger partial charge in [0.25, 0.3) is 0 Å². The molecule has 0 bridgehead atoms. The number of rotatable bonds is 5. The van der Waals surface area contributed by atoms with Gasteiger partial charge >= 0.3 is 0 Å². The van der Waals surface area contributed by atoms with Gasteiger partial charge in [0.1, 0.15) is 0 Å². The lowest BCUT2D eigenvalue weighted by Crippen LogP contribution is -2.07. The van der Waals surface area contributed by atoms with E-state index in [-0.39, 0.29) is 0 Å². The Morgan fingerprint density at radius 2 is 2.20 bits per heavy atom. The Bertz CT molecular complexity index is 93.6. The Labute approximate surface area is 61.4 Å². The third-order valence-electron chi connectivity index (χ3n) is 1.34. The van der Waals surface area contributed by atoms with Crippen LogP contribution in [0.2, 0.25) is 0 Å². The van der Waals surface area contributed by atoms with E-state index < -0.39 is 6.10 Å². The number of aliphatic hydroxyl groups is 1. The average Bonchev–Trinajstić information content (AvgIpc) is 1.89. The Hall–Kier alpha value is -0.570. The Kier molecular flexibility index (Phi) is 6.18. The smallest absolute Gasteiger partial charge is 0.0924 e. The zero-order valence-corrected chi connectivity index (χ0v) is 6.32. The molecule has 0 spiro atoms. The van der Waals surface area contributed by atoms with Gasteiger partial charge in [-0.2, -0.15) is 0 Å². The first kappa shape index (κ1) is 9.43. The molecule has 0 saturated carbocycles. The predicted molar refractivity (Wildman–Crippen MR) is 40.4 cm³/mol. The van der Waals surface area contributed by atoms with Gasteiger partial charge in [0.15, 0.2) is 0 Å². The van der Waals surface area contributed by atoms with Crippen molar-refractivity contribution >= 4 is 6.21 Å². The molecule has 0 aromatic rings. The summed E-state index contributed by atoms with van der Waals surface area (Å²) < 4.78 is 0. The van der Waals surface area contributed by atoms with E-state index in [1.54, 1.807) is 0 Å². The van der Waals surface area contributed by atoms with Gasteiger partial charge in [-0.25, -0.2) is 0 Å². The fraction of sp³-hybridized carbons (Fsp3) is 0.857. The largest absolute Gasteiger partial charge is 0.411 e. The lowest BCUT2D eigenvalue weighted by atomic mass is 10.1. The van der Waals surface area contributed by atoms with E-state index in [0.717, 1.165) is 25.5 Å². The van der Waals surface area contributed by atoms with Crippen molar-refractivity contribution in [3.05, 3.63) is 0 Å². The molecule has 1 atom stereocenters. The molecule has 3 heteroatoms. The van der Waals surface area contributed by atoms with Crippen LogP contribution in [0.4, 0.5) is 0 Å². The second-order valence-electron chi connectivity index (χ2n) is 2.33. The van der Waals surface area contributed by atoms with Crippen molar-refractivity contribution in [2.45, 2.75) is 38.7 Å². The van der Waals surface area contributed by atoms with Crippen molar-refractivity contribution in [3.8, 4) is 0 Å². The molecular weight excluding hydrogens is 130 g/mol. The fourth-order valence-electron chi connectivity index (χ4n) is 0.755. The number of unbranched alkanes of at least 4 members (excludes halogenated alkanes) is 2. The number of hydrogen-bond acceptors (Lipinski definition) is 3. The van der Waals surface area contributed by atoms with E-state index in [1.807, 2.05) is 0 Å². The summed E-state index contributed by atoms with van der Waals surface area (Å²) in [7, 11) is 0. The first-order valence-electron chi connectivity index (χ1n) is 3.67. The van der Waals surface area contributed by atoms with Crippen molar-refractivity contribution in [2.24, 2.45) is 5.16 Å². The van der Waals surface area contributed by atoms with Crippen LogP contribution in [-0.4, -0.2) is 22.6 Å². The molecule has 0 saturated heterocycles. The minimum Gasteiger partial charge on any atom is -0.411 e. The first-order valence-corrected chi connectivity index (χ1v) is 3.67. The van der Waals surface area contributed by atoms with Gasteiger partial charge in [-0.15, -0.1) is 0 Å². The van der Waals surface area contributed by atoms with E-state index >= 15 is 0 Å². The van der Waals surface area contributed by atoms with Crippen molar-refractivity contribution in [2.75, 3.05) is 0 Å². The summed E-state index contributed by atoms with van der Waals surface area (Å²) in [5.74, 6) is 0. The highest BCUT2D eigenvalue weighted by Gasteiger charge is 1.97. The van der Waals surface area contributed by atoms with E-state index in [2.05, 4.69) is 12.1 Å². The molecule has 2 N–H and O–H groups in total. The van der Waals surface area contributed by atoms with E-state index in [0.29, 0.717) is 6.42 Å². The molecular formula is C7H15NO2. The molecule has 0 fully saturated rings. The third kappa shape index (κ3) is 5.56. The molecule has 0 aromatic carbocycles. The standard InChI is InChI=1S/C7H15NO2/c1-2-3-4-5-7(9)6-8-10/h6-7,9-10H,2-5H2,1H3/b8-6+/t7-/m0/s1. The topological polar surface area (TPSA) is 52.8 Å². The minimum atomic E-state index is -0.573. The van der Waals surface area contributed by atoms with Crippen LogP contribution in [0.25, 0.3) is 0 Å². The van der Waals surface area contributed by atoms with Gasteiger partial charge in [-0.3, -0.25) is 0 Å². The molecule has 0 rings (SSSR count). The van der Waals surface area contributed by atoms with Gasteiger partial charge in [-0.1, -0.05) is 31.3 Å². The van der Waals surface area contributed by atoms with Gasteiger partial charge < -0.3 is 10.3 Å². The van der Waals surface area contributed by atoms with Crippen LogP contribution in [0.5, 0.6) is 0 Å². The SMILES string of the molecule is CCCCC[C@H](O)/C=N/O. The van der Waals surface area contributed by atoms with Gasteiger partial charge in [-0.05, 0) is 6.42 Å². The number of hydrogen-bond donors (Lipinski definition) is 2. The number of oxime groups is 1. The second kappa shape index (κ2) is 6.55. The Morgan fingerprint density at radius 3 is 2.70 bits per heavy atom. The predicted octanol–water partition coefficient (Wildman–Crippen LogP) is 1.39. The van der Waals surface area contributed by atoms with E-state index in [4.69, 9.17) is 10.3 Å². The van der Waals surface area contributed by atoms with Crippen LogP contribution in [0.3, 0.4) is 0 Å². The Balaban J connectivity index is 3.13. The molecule has 0 radical (unpaired) electrons. The van der Waals surface area contributed by atoms with Crippen LogP contribution in [0.1, 0.15) is 32.6 Å². The van der Waals surface area contributed by atoms with Crippen LogP contribution >= 0.6 is 0 Å². The fourth-order valence-corrected chi connectivity index (χ4v) is 0.755. The Morgan fingerprint density at radius 1 is 1.50 bits per heavy atom. The monoisotopic (exact) mass is 145 g/mol. The molecule has 3 nitrogen and oxygen atoms in total. The molecule has 0 heterocycles. The summed E-state index contributed by atoms with van der Waals surface area (Å²) in [5, 5.41) is 19.7. The molecule has 0 aromatic heterocycles. The van der Waals surface area contributed by atoms with Gasteiger partial charge in [0.05, 0.1) is 12.3 Å². The maximum absolute atomic E-state index is 8.97. The van der Waals surface area contributed by atoms with Crippen molar-refractivity contribution in [1.82, 2.24) is 0 Å². The lowest BCUT2D eigenvalue weighted by Gasteiger charge is -2.01. The van der Waals surface area contributed by atoms with Crippen molar-refractivity contribution in [3.63, 3.8) is 0 Å². The van der Waals surface area contributed by atoms with E-state index in [9.17, 15) is 0 Å². The number of aliphatic hydroxyl groups excluding tert-OH is 1. The van der Waals surface area contributed by atoms with Crippen molar-refractivity contribution < 1.29 is 10.3 Å². The summed E-state index contributed by atoms with van der Waals surface area (Å²) in [6.45, 7) is 2.10. The molecule has 60 valence electrons.